The quantitative estimate of drug-likeness (QED) is 0.690. The van der Waals surface area contributed by atoms with Crippen LogP contribution in [-0.2, 0) is 4.79 Å². The van der Waals surface area contributed by atoms with Gasteiger partial charge in [-0.2, -0.15) is 4.39 Å². The van der Waals surface area contributed by atoms with Crippen molar-refractivity contribution < 1.29 is 14.3 Å². The lowest BCUT2D eigenvalue weighted by atomic mass is 10.5. The summed E-state index contributed by atoms with van der Waals surface area (Å²) in [6.45, 7) is 0. The lowest BCUT2D eigenvalue weighted by Crippen LogP contribution is -1.93. The molecule has 58 valence electrons. The van der Waals surface area contributed by atoms with Crippen LogP contribution >= 0.6 is 11.3 Å². The summed E-state index contributed by atoms with van der Waals surface area (Å²) in [5, 5.41) is 10.1. The van der Waals surface area contributed by atoms with Gasteiger partial charge in [-0.15, -0.1) is 11.3 Å². The molecule has 3 nitrogen and oxygen atoms in total. The Balaban J connectivity index is 2.82. The Morgan fingerprint density at radius 3 is 3.00 bits per heavy atom. The lowest BCUT2D eigenvalue weighted by Gasteiger charge is -1.84. The molecule has 0 radical (unpaired) electrons. The fraction of sp³-hybridized carbons (Fsp3) is 0. The molecule has 1 heterocycles. The van der Waals surface area contributed by atoms with Crippen LogP contribution < -0.4 is 0 Å². The highest BCUT2D eigenvalue weighted by molar-refractivity contribution is 7.10. The van der Waals surface area contributed by atoms with Crippen molar-refractivity contribution in [1.82, 2.24) is 4.98 Å². The van der Waals surface area contributed by atoms with Crippen LogP contribution in [0.4, 0.5) is 4.39 Å². The van der Waals surface area contributed by atoms with E-state index in [4.69, 9.17) is 5.11 Å². The van der Waals surface area contributed by atoms with E-state index >= 15 is 0 Å². The molecule has 0 saturated carbocycles. The molecule has 0 bridgehead atoms. The van der Waals surface area contributed by atoms with Gasteiger partial charge in [-0.3, -0.25) is 0 Å². The van der Waals surface area contributed by atoms with Gasteiger partial charge >= 0.3 is 5.97 Å². The van der Waals surface area contributed by atoms with Crippen LogP contribution in [0.15, 0.2) is 17.4 Å². The van der Waals surface area contributed by atoms with Crippen molar-refractivity contribution in [3.8, 4) is 0 Å². The SMILES string of the molecule is O=C(O)/C(F)=C/c1nccs1. The number of halogens is 1. The van der Waals surface area contributed by atoms with Crippen LogP contribution in [0.5, 0.6) is 0 Å². The van der Waals surface area contributed by atoms with E-state index in [1.165, 1.54) is 17.5 Å². The predicted octanol–water partition coefficient (Wildman–Crippen LogP) is 1.54. The van der Waals surface area contributed by atoms with E-state index in [0.29, 0.717) is 5.01 Å². The highest BCUT2D eigenvalue weighted by Crippen LogP contribution is 2.10. The third kappa shape index (κ3) is 2.12. The average molecular weight is 173 g/mol. The topological polar surface area (TPSA) is 50.2 Å². The second-order valence-corrected chi connectivity index (χ2v) is 2.59. The standard InChI is InChI=1S/C6H4FNO2S/c7-4(6(9)10)3-5-8-1-2-11-5/h1-3H,(H,9,10)/b4-3-. The Morgan fingerprint density at radius 1 is 1.82 bits per heavy atom. The number of carboxylic acid groups (broad SMARTS) is 1. The van der Waals surface area contributed by atoms with Crippen molar-refractivity contribution in [1.29, 1.82) is 0 Å². The summed E-state index contributed by atoms with van der Waals surface area (Å²) in [5.41, 5.74) is 0. The molecule has 0 spiro atoms. The van der Waals surface area contributed by atoms with Gasteiger partial charge in [0.1, 0.15) is 5.01 Å². The van der Waals surface area contributed by atoms with Crippen LogP contribution in [0.25, 0.3) is 6.08 Å². The minimum Gasteiger partial charge on any atom is -0.476 e. The molecule has 0 aromatic carbocycles. The van der Waals surface area contributed by atoms with Crippen LogP contribution in [0.3, 0.4) is 0 Å². The van der Waals surface area contributed by atoms with Gasteiger partial charge in [0.05, 0.1) is 0 Å². The molecular formula is C6H4FNO2S. The van der Waals surface area contributed by atoms with Crippen LogP contribution in [-0.4, -0.2) is 16.1 Å². The van der Waals surface area contributed by atoms with Crippen molar-refractivity contribution in [3.05, 3.63) is 22.4 Å². The molecule has 0 amide bonds. The Kier molecular flexibility index (Phi) is 2.32. The van der Waals surface area contributed by atoms with Crippen LogP contribution in [0.2, 0.25) is 0 Å². The number of rotatable bonds is 2. The first kappa shape index (κ1) is 7.87. The van der Waals surface area contributed by atoms with Gasteiger partial charge in [-0.05, 0) is 0 Å². The van der Waals surface area contributed by atoms with Crippen molar-refractivity contribution in [2.75, 3.05) is 0 Å². The first-order chi connectivity index (χ1) is 5.20. The molecular weight excluding hydrogens is 169 g/mol. The summed E-state index contributed by atoms with van der Waals surface area (Å²) in [6.07, 6.45) is 2.36. The van der Waals surface area contributed by atoms with Crippen molar-refractivity contribution in [3.63, 3.8) is 0 Å². The maximum Gasteiger partial charge on any atom is 0.364 e. The number of aliphatic carboxylic acids is 1. The van der Waals surface area contributed by atoms with Gasteiger partial charge in [0.25, 0.3) is 0 Å². The van der Waals surface area contributed by atoms with E-state index in [1.54, 1.807) is 5.38 Å². The minimum atomic E-state index is -1.57. The summed E-state index contributed by atoms with van der Waals surface area (Å²) >= 11 is 1.18. The zero-order valence-electron chi connectivity index (χ0n) is 5.32. The lowest BCUT2D eigenvalue weighted by molar-refractivity contribution is -0.134. The Morgan fingerprint density at radius 2 is 2.55 bits per heavy atom. The Labute approximate surface area is 65.8 Å². The van der Waals surface area contributed by atoms with Gasteiger partial charge in [0.2, 0.25) is 5.83 Å². The molecule has 1 N–H and O–H groups in total. The van der Waals surface area contributed by atoms with Crippen molar-refractivity contribution in [2.45, 2.75) is 0 Å². The molecule has 1 aromatic heterocycles. The molecule has 0 atom stereocenters. The zero-order valence-corrected chi connectivity index (χ0v) is 6.14. The largest absolute Gasteiger partial charge is 0.476 e. The number of carbonyl (C=O) groups is 1. The second kappa shape index (κ2) is 3.25. The average Bonchev–Trinajstić information content (AvgIpc) is 2.39. The van der Waals surface area contributed by atoms with Crippen molar-refractivity contribution in [2.24, 2.45) is 0 Å². The van der Waals surface area contributed by atoms with Crippen LogP contribution in [0.1, 0.15) is 5.01 Å². The van der Waals surface area contributed by atoms with E-state index in [9.17, 15) is 9.18 Å². The van der Waals surface area contributed by atoms with Gasteiger partial charge < -0.3 is 5.11 Å². The molecule has 0 saturated heterocycles. The highest BCUT2D eigenvalue weighted by Gasteiger charge is 2.05. The summed E-state index contributed by atoms with van der Waals surface area (Å²) < 4.78 is 12.3. The second-order valence-electron chi connectivity index (χ2n) is 1.67. The maximum absolute atomic E-state index is 12.3. The van der Waals surface area contributed by atoms with E-state index in [-0.39, 0.29) is 0 Å². The van der Waals surface area contributed by atoms with Gasteiger partial charge in [0, 0.05) is 17.7 Å². The predicted molar refractivity (Wildman–Crippen MR) is 38.8 cm³/mol. The molecule has 0 aliphatic carbocycles. The third-order valence-corrected chi connectivity index (χ3v) is 1.63. The van der Waals surface area contributed by atoms with E-state index in [1.807, 2.05) is 0 Å². The molecule has 0 aliphatic heterocycles. The summed E-state index contributed by atoms with van der Waals surface area (Å²) in [6, 6.07) is 0. The van der Waals surface area contributed by atoms with Crippen molar-refractivity contribution >= 4 is 23.4 Å². The van der Waals surface area contributed by atoms with Gasteiger partial charge in [-0.1, -0.05) is 0 Å². The summed E-state index contributed by atoms with van der Waals surface area (Å²) in [5.74, 6) is -2.76. The number of aromatic nitrogens is 1. The third-order valence-electron chi connectivity index (χ3n) is 0.906. The molecule has 0 aliphatic rings. The number of hydrogen-bond donors (Lipinski definition) is 1. The molecule has 5 heteroatoms. The fourth-order valence-electron chi connectivity index (χ4n) is 0.476. The number of hydrogen-bond acceptors (Lipinski definition) is 3. The smallest absolute Gasteiger partial charge is 0.364 e. The Bertz CT molecular complexity index is 281. The zero-order chi connectivity index (χ0) is 8.27. The highest BCUT2D eigenvalue weighted by atomic mass is 32.1. The number of carboxylic acids is 1. The maximum atomic E-state index is 12.3. The molecule has 11 heavy (non-hydrogen) atoms. The van der Waals surface area contributed by atoms with Crippen LogP contribution in [0, 0.1) is 0 Å². The van der Waals surface area contributed by atoms with E-state index in [2.05, 4.69) is 4.98 Å². The minimum absolute atomic E-state index is 0.352. The number of nitrogens with zero attached hydrogens (tertiary/aromatic N) is 1. The fourth-order valence-corrected chi connectivity index (χ4v) is 1.03. The Hall–Kier alpha value is -1.23. The molecule has 1 aromatic rings. The van der Waals surface area contributed by atoms with E-state index in [0.717, 1.165) is 6.08 Å². The first-order valence-corrected chi connectivity index (χ1v) is 3.58. The summed E-state index contributed by atoms with van der Waals surface area (Å²) in [4.78, 5) is 13.6. The monoisotopic (exact) mass is 173 g/mol. The van der Waals surface area contributed by atoms with E-state index < -0.39 is 11.8 Å². The van der Waals surface area contributed by atoms with Gasteiger partial charge in [-0.25, -0.2) is 9.78 Å². The molecule has 0 unspecified atom stereocenters. The van der Waals surface area contributed by atoms with Gasteiger partial charge in [0.15, 0.2) is 0 Å². The molecule has 1 rings (SSSR count). The normalized spacial score (nSPS) is 11.5. The molecule has 0 fully saturated rings. The number of thiazole rings is 1. The first-order valence-electron chi connectivity index (χ1n) is 2.70. The summed E-state index contributed by atoms with van der Waals surface area (Å²) in [7, 11) is 0.